The summed E-state index contributed by atoms with van der Waals surface area (Å²) in [6, 6.07) is 7.55. The number of benzene rings is 1. The Morgan fingerprint density at radius 2 is 2.19 bits per heavy atom. The number of carbonyl (C=O) groups is 1. The summed E-state index contributed by atoms with van der Waals surface area (Å²) in [5.41, 5.74) is 0.963. The summed E-state index contributed by atoms with van der Waals surface area (Å²) in [6.07, 6.45) is 0. The lowest BCUT2D eigenvalue weighted by Crippen LogP contribution is -2.51. The number of hydrogen-bond donors (Lipinski definition) is 2. The third-order valence-corrected chi connectivity index (χ3v) is 3.23. The molecule has 0 aromatic heterocycles. The van der Waals surface area contributed by atoms with Gasteiger partial charge in [-0.2, -0.15) is 0 Å². The van der Waals surface area contributed by atoms with Gasteiger partial charge in [-0.1, -0.05) is 29.8 Å². The van der Waals surface area contributed by atoms with E-state index >= 15 is 0 Å². The van der Waals surface area contributed by atoms with E-state index in [1.165, 1.54) is 0 Å². The maximum Gasteiger partial charge on any atom is 0.226 e. The van der Waals surface area contributed by atoms with Crippen molar-refractivity contribution < 1.29 is 4.79 Å². The Labute approximate surface area is 100 Å². The van der Waals surface area contributed by atoms with Crippen LogP contribution in [0.15, 0.2) is 24.3 Å². The van der Waals surface area contributed by atoms with Gasteiger partial charge in [-0.15, -0.1) is 0 Å². The van der Waals surface area contributed by atoms with Crippen LogP contribution in [-0.2, 0) is 4.79 Å². The van der Waals surface area contributed by atoms with Gasteiger partial charge >= 0.3 is 0 Å². The Morgan fingerprint density at radius 3 is 2.75 bits per heavy atom. The van der Waals surface area contributed by atoms with Crippen molar-refractivity contribution in [1.29, 1.82) is 0 Å². The van der Waals surface area contributed by atoms with Gasteiger partial charge in [0.15, 0.2) is 0 Å². The predicted molar refractivity (Wildman–Crippen MR) is 64.4 cm³/mol. The van der Waals surface area contributed by atoms with Crippen molar-refractivity contribution in [1.82, 2.24) is 10.6 Å². The van der Waals surface area contributed by atoms with Crippen molar-refractivity contribution in [2.24, 2.45) is 5.92 Å². The average molecular weight is 239 g/mol. The average Bonchev–Trinajstić information content (AvgIpc) is 2.15. The molecule has 2 N–H and O–H groups in total. The summed E-state index contributed by atoms with van der Waals surface area (Å²) in [4.78, 5) is 11.7. The van der Waals surface area contributed by atoms with Crippen LogP contribution >= 0.6 is 11.6 Å². The van der Waals surface area contributed by atoms with Gasteiger partial charge in [0.25, 0.3) is 0 Å². The second kappa shape index (κ2) is 4.85. The number of hydrogen-bond acceptors (Lipinski definition) is 2. The van der Waals surface area contributed by atoms with E-state index in [2.05, 4.69) is 10.6 Å². The van der Waals surface area contributed by atoms with Gasteiger partial charge in [-0.05, 0) is 18.6 Å². The molecule has 0 spiro atoms. The van der Waals surface area contributed by atoms with Crippen molar-refractivity contribution in [2.75, 3.05) is 13.1 Å². The summed E-state index contributed by atoms with van der Waals surface area (Å²) in [5, 5.41) is 6.75. The fourth-order valence-electron chi connectivity index (χ4n) is 1.71. The first-order valence-electron chi connectivity index (χ1n) is 5.44. The summed E-state index contributed by atoms with van der Waals surface area (Å²) in [6.45, 7) is 3.51. The summed E-state index contributed by atoms with van der Waals surface area (Å²) in [7, 11) is 0. The Bertz CT molecular complexity index is 390. The maximum atomic E-state index is 11.7. The van der Waals surface area contributed by atoms with E-state index in [-0.39, 0.29) is 17.9 Å². The minimum absolute atomic E-state index is 0.0400. The highest BCUT2D eigenvalue weighted by Gasteiger charge is 2.26. The Kier molecular flexibility index (Phi) is 3.46. The van der Waals surface area contributed by atoms with E-state index in [1.807, 2.05) is 31.2 Å². The smallest absolute Gasteiger partial charge is 0.226 e. The number of rotatable bonds is 3. The van der Waals surface area contributed by atoms with Crippen LogP contribution in [0.2, 0.25) is 5.02 Å². The molecule has 1 aromatic rings. The molecule has 0 saturated carbocycles. The summed E-state index contributed by atoms with van der Waals surface area (Å²) < 4.78 is 0. The lowest BCUT2D eigenvalue weighted by molar-refractivity contribution is -0.127. The fourth-order valence-corrected chi connectivity index (χ4v) is 2.01. The molecule has 1 saturated heterocycles. The molecular formula is C12H15ClN2O. The van der Waals surface area contributed by atoms with Gasteiger partial charge < -0.3 is 10.6 Å². The maximum absolute atomic E-state index is 11.7. The minimum atomic E-state index is -0.0400. The van der Waals surface area contributed by atoms with Crippen LogP contribution in [0.3, 0.4) is 0 Å². The van der Waals surface area contributed by atoms with Crippen molar-refractivity contribution >= 4 is 17.5 Å². The lowest BCUT2D eigenvalue weighted by Gasteiger charge is -2.27. The zero-order chi connectivity index (χ0) is 11.5. The second-order valence-electron chi connectivity index (χ2n) is 4.11. The SMILES string of the molecule is C[C@@H](NC(=O)C1CNC1)c1ccccc1Cl. The molecule has 0 aliphatic carbocycles. The molecule has 0 unspecified atom stereocenters. The van der Waals surface area contributed by atoms with Crippen LogP contribution in [0.5, 0.6) is 0 Å². The quantitative estimate of drug-likeness (QED) is 0.842. The van der Waals surface area contributed by atoms with Gasteiger partial charge in [-0.25, -0.2) is 0 Å². The first-order valence-corrected chi connectivity index (χ1v) is 5.82. The molecule has 1 aromatic carbocycles. The summed E-state index contributed by atoms with van der Waals surface area (Å²) in [5.74, 6) is 0.219. The Balaban J connectivity index is 1.99. The minimum Gasteiger partial charge on any atom is -0.349 e. The van der Waals surface area contributed by atoms with E-state index in [4.69, 9.17) is 11.6 Å². The molecule has 86 valence electrons. The van der Waals surface area contributed by atoms with Crippen LogP contribution in [0.1, 0.15) is 18.5 Å². The highest BCUT2D eigenvalue weighted by atomic mass is 35.5. The van der Waals surface area contributed by atoms with E-state index in [1.54, 1.807) is 0 Å². The van der Waals surface area contributed by atoms with Crippen molar-refractivity contribution in [3.8, 4) is 0 Å². The van der Waals surface area contributed by atoms with E-state index in [0.717, 1.165) is 18.7 Å². The van der Waals surface area contributed by atoms with Crippen LogP contribution in [0, 0.1) is 5.92 Å². The highest BCUT2D eigenvalue weighted by Crippen LogP contribution is 2.22. The Hall–Kier alpha value is -1.06. The molecule has 0 bridgehead atoms. The van der Waals surface area contributed by atoms with E-state index in [9.17, 15) is 4.79 Å². The fraction of sp³-hybridized carbons (Fsp3) is 0.417. The highest BCUT2D eigenvalue weighted by molar-refractivity contribution is 6.31. The predicted octanol–water partition coefficient (Wildman–Crippen LogP) is 1.74. The lowest BCUT2D eigenvalue weighted by atomic mass is 10.0. The molecule has 2 rings (SSSR count). The number of halogens is 1. The molecule has 1 heterocycles. The van der Waals surface area contributed by atoms with Crippen molar-refractivity contribution in [2.45, 2.75) is 13.0 Å². The topological polar surface area (TPSA) is 41.1 Å². The molecule has 0 radical (unpaired) electrons. The van der Waals surface area contributed by atoms with Gasteiger partial charge in [0.1, 0.15) is 0 Å². The normalized spacial score (nSPS) is 17.6. The standard InChI is InChI=1S/C12H15ClN2O/c1-8(10-4-2-3-5-11(10)13)15-12(16)9-6-14-7-9/h2-5,8-9,14H,6-7H2,1H3,(H,15,16)/t8-/m1/s1. The number of carbonyl (C=O) groups excluding carboxylic acids is 1. The molecular weight excluding hydrogens is 224 g/mol. The van der Waals surface area contributed by atoms with Gasteiger partial charge in [0.2, 0.25) is 5.91 Å². The molecule has 1 aliphatic heterocycles. The van der Waals surface area contributed by atoms with Crippen molar-refractivity contribution in [3.05, 3.63) is 34.9 Å². The molecule has 1 amide bonds. The van der Waals surface area contributed by atoms with Crippen LogP contribution < -0.4 is 10.6 Å². The van der Waals surface area contributed by atoms with E-state index < -0.39 is 0 Å². The van der Waals surface area contributed by atoms with E-state index in [0.29, 0.717) is 5.02 Å². The molecule has 1 fully saturated rings. The third kappa shape index (κ3) is 2.36. The molecule has 1 atom stereocenters. The van der Waals surface area contributed by atoms with Gasteiger partial charge in [0.05, 0.1) is 12.0 Å². The number of nitrogens with one attached hydrogen (secondary N) is 2. The first kappa shape index (κ1) is 11.4. The molecule has 3 nitrogen and oxygen atoms in total. The van der Waals surface area contributed by atoms with Gasteiger partial charge in [0, 0.05) is 18.1 Å². The third-order valence-electron chi connectivity index (χ3n) is 2.88. The zero-order valence-corrected chi connectivity index (χ0v) is 9.92. The Morgan fingerprint density at radius 1 is 1.50 bits per heavy atom. The van der Waals surface area contributed by atoms with Crippen molar-refractivity contribution in [3.63, 3.8) is 0 Å². The number of amides is 1. The molecule has 16 heavy (non-hydrogen) atoms. The molecule has 1 aliphatic rings. The van der Waals surface area contributed by atoms with Crippen LogP contribution in [0.4, 0.5) is 0 Å². The van der Waals surface area contributed by atoms with Crippen LogP contribution in [-0.4, -0.2) is 19.0 Å². The van der Waals surface area contributed by atoms with Gasteiger partial charge in [-0.3, -0.25) is 4.79 Å². The summed E-state index contributed by atoms with van der Waals surface area (Å²) >= 11 is 6.07. The first-order chi connectivity index (χ1) is 7.68. The monoisotopic (exact) mass is 238 g/mol. The van der Waals surface area contributed by atoms with Crippen LogP contribution in [0.25, 0.3) is 0 Å². The molecule has 4 heteroatoms. The largest absolute Gasteiger partial charge is 0.349 e. The zero-order valence-electron chi connectivity index (χ0n) is 9.16. The second-order valence-corrected chi connectivity index (χ2v) is 4.51.